The molecule has 0 saturated carbocycles. The van der Waals surface area contributed by atoms with E-state index in [1.54, 1.807) is 45.0 Å². The van der Waals surface area contributed by atoms with Crippen molar-refractivity contribution in [2.45, 2.75) is 39.8 Å². The van der Waals surface area contributed by atoms with E-state index in [0.717, 1.165) is 10.6 Å². The number of carbonyl (C=O) groups is 3. The molecule has 1 heterocycles. The molecule has 0 fully saturated rings. The van der Waals surface area contributed by atoms with Gasteiger partial charge in [-0.3, -0.25) is 19.7 Å². The minimum atomic E-state index is -0.715. The molecular weight excluding hydrogens is 526 g/mol. The van der Waals surface area contributed by atoms with Gasteiger partial charge in [0.2, 0.25) is 5.91 Å². The number of hydrogen-bond donors (Lipinski definition) is 2. The number of ether oxygens (including phenoxy) is 1. The minimum Gasteiger partial charge on any atom is -0.442 e. The molecule has 0 saturated heterocycles. The highest BCUT2D eigenvalue weighted by Crippen LogP contribution is 2.39. The predicted molar refractivity (Wildman–Crippen MR) is 155 cm³/mol. The lowest BCUT2D eigenvalue weighted by molar-refractivity contribution is -0.384. The zero-order valence-corrected chi connectivity index (χ0v) is 23.4. The Morgan fingerprint density at radius 2 is 1.68 bits per heavy atom. The highest BCUT2D eigenvalue weighted by atomic mass is 16.6. The summed E-state index contributed by atoms with van der Waals surface area (Å²) < 4.78 is 5.38. The van der Waals surface area contributed by atoms with Gasteiger partial charge in [-0.2, -0.15) is 0 Å². The predicted octanol–water partition coefficient (Wildman–Crippen LogP) is 5.66. The lowest BCUT2D eigenvalue weighted by Gasteiger charge is -2.32. The molecule has 1 aliphatic heterocycles. The summed E-state index contributed by atoms with van der Waals surface area (Å²) in [6.07, 6.45) is -0.652. The standard InChI is InChI=1S/C30H31N5O6/c1-19(36)34(33(5)29(38)41-30(2,3)4)18-20-11-13-22(14-12-20)31-27(21-9-7-6-8-10-21)26-24-17-23(35(39)40)15-16-25(24)32-28(26)37/h6-17,31H,18H2,1-5H3,(H,32,37)/b27-26-. The summed E-state index contributed by atoms with van der Waals surface area (Å²) in [4.78, 5) is 48.9. The zero-order valence-electron chi connectivity index (χ0n) is 23.4. The number of hydrogen-bond acceptors (Lipinski definition) is 7. The van der Waals surface area contributed by atoms with Crippen molar-refractivity contribution in [2.75, 3.05) is 17.7 Å². The molecule has 0 radical (unpaired) electrons. The van der Waals surface area contributed by atoms with Crippen LogP contribution in [-0.2, 0) is 20.9 Å². The number of anilines is 2. The number of nitro benzene ring substituents is 1. The molecule has 0 aliphatic carbocycles. The topological polar surface area (TPSA) is 134 Å². The van der Waals surface area contributed by atoms with Gasteiger partial charge in [0.1, 0.15) is 5.60 Å². The van der Waals surface area contributed by atoms with Gasteiger partial charge in [0.25, 0.3) is 11.6 Å². The van der Waals surface area contributed by atoms with Crippen LogP contribution in [0.3, 0.4) is 0 Å². The molecule has 1 aliphatic rings. The molecule has 2 N–H and O–H groups in total. The molecule has 3 aromatic rings. The summed E-state index contributed by atoms with van der Waals surface area (Å²) >= 11 is 0. The smallest absolute Gasteiger partial charge is 0.429 e. The SMILES string of the molecule is CC(=O)N(Cc1ccc(N/C(=C2\C(=O)Nc3ccc([N+](=O)[O-])cc32)c2ccccc2)cc1)N(C)C(=O)OC(C)(C)C. The van der Waals surface area contributed by atoms with Gasteiger partial charge in [-0.05, 0) is 50.1 Å². The molecule has 11 heteroatoms. The zero-order chi connectivity index (χ0) is 29.9. The van der Waals surface area contributed by atoms with Crippen LogP contribution in [0.1, 0.15) is 44.4 Å². The Kier molecular flexibility index (Phi) is 8.08. The van der Waals surface area contributed by atoms with E-state index in [1.165, 1.54) is 37.2 Å². The Labute approximate surface area is 237 Å². The molecule has 11 nitrogen and oxygen atoms in total. The normalized spacial score (nSPS) is 13.5. The Bertz CT molecular complexity index is 1530. The van der Waals surface area contributed by atoms with Crippen LogP contribution in [0, 0.1) is 10.1 Å². The Morgan fingerprint density at radius 3 is 2.27 bits per heavy atom. The number of carbonyl (C=O) groups excluding carboxylic acids is 3. The third-order valence-corrected chi connectivity index (χ3v) is 6.21. The number of nitro groups is 1. The average Bonchev–Trinajstić information content (AvgIpc) is 3.24. The summed E-state index contributed by atoms with van der Waals surface area (Å²) in [6.45, 7) is 6.73. The molecule has 3 amide bonds. The number of hydrazine groups is 1. The number of benzene rings is 3. The first kappa shape index (κ1) is 28.8. The van der Waals surface area contributed by atoms with E-state index in [0.29, 0.717) is 28.2 Å². The van der Waals surface area contributed by atoms with Crippen molar-refractivity contribution >= 4 is 46.2 Å². The summed E-state index contributed by atoms with van der Waals surface area (Å²) in [5.41, 5.74) is 2.92. The molecule has 0 unspecified atom stereocenters. The van der Waals surface area contributed by atoms with Crippen molar-refractivity contribution in [3.63, 3.8) is 0 Å². The van der Waals surface area contributed by atoms with Crippen LogP contribution in [0.15, 0.2) is 72.8 Å². The molecule has 0 atom stereocenters. The van der Waals surface area contributed by atoms with E-state index >= 15 is 0 Å². The highest BCUT2D eigenvalue weighted by Gasteiger charge is 2.30. The van der Waals surface area contributed by atoms with Crippen molar-refractivity contribution < 1.29 is 24.0 Å². The largest absolute Gasteiger partial charge is 0.442 e. The molecule has 4 rings (SSSR count). The monoisotopic (exact) mass is 557 g/mol. The maximum atomic E-state index is 13.1. The van der Waals surface area contributed by atoms with Crippen LogP contribution in [-0.4, -0.2) is 45.5 Å². The summed E-state index contributed by atoms with van der Waals surface area (Å²) in [5.74, 6) is -0.720. The van der Waals surface area contributed by atoms with E-state index in [4.69, 9.17) is 4.74 Å². The summed E-state index contributed by atoms with van der Waals surface area (Å²) in [6, 6.07) is 20.6. The van der Waals surface area contributed by atoms with Gasteiger partial charge in [-0.1, -0.05) is 42.5 Å². The second-order valence-electron chi connectivity index (χ2n) is 10.5. The molecular formula is C30H31N5O6. The van der Waals surface area contributed by atoms with Gasteiger partial charge in [-0.15, -0.1) is 0 Å². The van der Waals surface area contributed by atoms with Gasteiger partial charge in [0, 0.05) is 43.0 Å². The van der Waals surface area contributed by atoms with E-state index < -0.39 is 16.6 Å². The third-order valence-electron chi connectivity index (χ3n) is 6.21. The van der Waals surface area contributed by atoms with Crippen LogP contribution < -0.4 is 10.6 Å². The van der Waals surface area contributed by atoms with Gasteiger partial charge in [0.05, 0.1) is 22.7 Å². The van der Waals surface area contributed by atoms with Crippen LogP contribution in [0.2, 0.25) is 0 Å². The fourth-order valence-electron chi connectivity index (χ4n) is 4.27. The van der Waals surface area contributed by atoms with E-state index in [2.05, 4.69) is 10.6 Å². The van der Waals surface area contributed by atoms with Crippen molar-refractivity contribution in [3.05, 3.63) is 99.6 Å². The third kappa shape index (κ3) is 6.70. The van der Waals surface area contributed by atoms with Crippen molar-refractivity contribution in [3.8, 4) is 0 Å². The van der Waals surface area contributed by atoms with E-state index in [1.807, 2.05) is 30.3 Å². The van der Waals surface area contributed by atoms with Crippen LogP contribution in [0.25, 0.3) is 11.3 Å². The van der Waals surface area contributed by atoms with Gasteiger partial charge in [-0.25, -0.2) is 14.8 Å². The van der Waals surface area contributed by atoms with E-state index in [-0.39, 0.29) is 29.6 Å². The molecule has 41 heavy (non-hydrogen) atoms. The van der Waals surface area contributed by atoms with Crippen molar-refractivity contribution in [1.82, 2.24) is 10.0 Å². The maximum Gasteiger partial charge on any atom is 0.429 e. The Hall–Kier alpha value is -5.19. The molecule has 0 aromatic heterocycles. The lowest BCUT2D eigenvalue weighted by Crippen LogP contribution is -2.47. The number of non-ortho nitro benzene ring substituents is 1. The molecule has 0 bridgehead atoms. The first-order valence-corrected chi connectivity index (χ1v) is 12.8. The summed E-state index contributed by atoms with van der Waals surface area (Å²) in [5, 5.41) is 19.9. The number of rotatable bonds is 6. The number of nitrogens with one attached hydrogen (secondary N) is 2. The number of fused-ring (bicyclic) bond motifs is 1. The van der Waals surface area contributed by atoms with Crippen LogP contribution in [0.4, 0.5) is 21.9 Å². The van der Waals surface area contributed by atoms with E-state index in [9.17, 15) is 24.5 Å². The number of amides is 3. The fraction of sp³-hybridized carbons (Fsp3) is 0.233. The highest BCUT2D eigenvalue weighted by molar-refractivity contribution is 6.37. The molecule has 212 valence electrons. The maximum absolute atomic E-state index is 13.1. The van der Waals surface area contributed by atoms with Crippen molar-refractivity contribution in [2.24, 2.45) is 0 Å². The van der Waals surface area contributed by atoms with Gasteiger partial charge >= 0.3 is 6.09 Å². The molecule has 0 spiro atoms. The Morgan fingerprint density at radius 1 is 1.02 bits per heavy atom. The second-order valence-corrected chi connectivity index (χ2v) is 10.5. The molecule has 3 aromatic carbocycles. The van der Waals surface area contributed by atoms with Crippen LogP contribution >= 0.6 is 0 Å². The second kappa shape index (κ2) is 11.5. The first-order valence-electron chi connectivity index (χ1n) is 12.8. The fourth-order valence-corrected chi connectivity index (χ4v) is 4.27. The van der Waals surface area contributed by atoms with Gasteiger partial charge in [0.15, 0.2) is 0 Å². The Balaban J connectivity index is 1.64. The van der Waals surface area contributed by atoms with Gasteiger partial charge < -0.3 is 15.4 Å². The average molecular weight is 558 g/mol. The quantitative estimate of drug-likeness (QED) is 0.227. The summed E-state index contributed by atoms with van der Waals surface area (Å²) in [7, 11) is 1.47. The number of nitrogens with zero attached hydrogens (tertiary/aromatic N) is 3. The van der Waals surface area contributed by atoms with Crippen LogP contribution in [0.5, 0.6) is 0 Å². The lowest BCUT2D eigenvalue weighted by atomic mass is 9.99. The first-order chi connectivity index (χ1) is 19.3. The van der Waals surface area contributed by atoms with Crippen molar-refractivity contribution in [1.29, 1.82) is 0 Å². The minimum absolute atomic E-state index is 0.122.